The Bertz CT molecular complexity index is 529. The number of carbonyl (C=O) groups excluding carboxylic acids is 2. The third-order valence-corrected chi connectivity index (χ3v) is 4.86. The van der Waals surface area contributed by atoms with Crippen LogP contribution in [0.25, 0.3) is 0 Å². The lowest BCUT2D eigenvalue weighted by Gasteiger charge is -2.23. The third-order valence-electron chi connectivity index (χ3n) is 4.86. The Balaban J connectivity index is 2.29. The van der Waals surface area contributed by atoms with Crippen LogP contribution in [-0.4, -0.2) is 35.0 Å². The largest absolute Gasteiger partial charge is 0.363 e. The van der Waals surface area contributed by atoms with Crippen molar-refractivity contribution in [3.8, 4) is 0 Å². The zero-order valence-corrected chi connectivity index (χ0v) is 18.0. The Morgan fingerprint density at radius 3 is 2.29 bits per heavy atom. The normalized spacial score (nSPS) is 11.0. The molecule has 1 heterocycles. The number of carbonyl (C=O) groups is 2. The van der Waals surface area contributed by atoms with Gasteiger partial charge in [0, 0.05) is 19.0 Å². The molecule has 1 aromatic heterocycles. The fourth-order valence-electron chi connectivity index (χ4n) is 3.08. The van der Waals surface area contributed by atoms with Crippen LogP contribution in [-0.2, 0) is 9.59 Å². The van der Waals surface area contributed by atoms with E-state index < -0.39 is 0 Å². The Hall–Kier alpha value is -1.85. The van der Waals surface area contributed by atoms with Gasteiger partial charge in [-0.05, 0) is 18.8 Å². The van der Waals surface area contributed by atoms with Crippen LogP contribution in [0.5, 0.6) is 0 Å². The first-order chi connectivity index (χ1) is 13.5. The maximum absolute atomic E-state index is 12.6. The van der Waals surface area contributed by atoms with Gasteiger partial charge in [-0.2, -0.15) is 0 Å². The fourth-order valence-corrected chi connectivity index (χ4v) is 3.08. The van der Waals surface area contributed by atoms with E-state index in [-0.39, 0.29) is 18.4 Å². The van der Waals surface area contributed by atoms with Crippen LogP contribution in [0, 0.1) is 5.92 Å². The monoisotopic (exact) mass is 393 g/mol. The van der Waals surface area contributed by atoms with Gasteiger partial charge in [-0.25, -0.2) is 0 Å². The molecule has 0 spiro atoms. The van der Waals surface area contributed by atoms with Crippen LogP contribution in [0.4, 0.5) is 5.82 Å². The molecule has 0 aliphatic rings. The summed E-state index contributed by atoms with van der Waals surface area (Å²) in [6, 6.07) is 1.58. The van der Waals surface area contributed by atoms with Gasteiger partial charge in [-0.15, -0.1) is 0 Å². The van der Waals surface area contributed by atoms with Crippen molar-refractivity contribution in [2.45, 2.75) is 91.4 Å². The molecule has 2 amide bonds. The highest BCUT2D eigenvalue weighted by Crippen LogP contribution is 2.12. The van der Waals surface area contributed by atoms with Gasteiger partial charge in [0.15, 0.2) is 5.82 Å². The van der Waals surface area contributed by atoms with E-state index in [2.05, 4.69) is 31.2 Å². The van der Waals surface area contributed by atoms with E-state index in [1.54, 1.807) is 11.0 Å². The summed E-state index contributed by atoms with van der Waals surface area (Å²) in [5, 5.41) is 6.34. The number of hydrogen-bond donors (Lipinski definition) is 1. The first-order valence-corrected chi connectivity index (χ1v) is 11.0. The molecular formula is C22H39N3O3. The molecule has 0 fully saturated rings. The number of unbranched alkanes of at least 4 members (excludes halogenated alkanes) is 8. The van der Waals surface area contributed by atoms with Crippen molar-refractivity contribution in [2.24, 2.45) is 5.92 Å². The predicted octanol–water partition coefficient (Wildman–Crippen LogP) is 5.41. The topological polar surface area (TPSA) is 75.4 Å². The summed E-state index contributed by atoms with van der Waals surface area (Å²) < 4.78 is 4.71. The Labute approximate surface area is 170 Å². The van der Waals surface area contributed by atoms with E-state index in [0.29, 0.717) is 24.7 Å². The lowest BCUT2D eigenvalue weighted by molar-refractivity contribution is -0.135. The second-order valence-corrected chi connectivity index (χ2v) is 8.01. The summed E-state index contributed by atoms with van der Waals surface area (Å²) in [7, 11) is 0. The Morgan fingerprint density at radius 2 is 1.71 bits per heavy atom. The van der Waals surface area contributed by atoms with Crippen molar-refractivity contribution in [3.63, 3.8) is 0 Å². The number of nitrogens with one attached hydrogen (secondary N) is 1. The van der Waals surface area contributed by atoms with Gasteiger partial charge in [0.1, 0.15) is 6.26 Å². The molecule has 1 rings (SSSR count). The van der Waals surface area contributed by atoms with Crippen molar-refractivity contribution in [1.29, 1.82) is 0 Å². The maximum Gasteiger partial charge on any atom is 0.245 e. The lowest BCUT2D eigenvalue weighted by atomic mass is 10.1. The second kappa shape index (κ2) is 15.1. The molecule has 160 valence electrons. The minimum atomic E-state index is -0.238. The minimum absolute atomic E-state index is 0.0653. The van der Waals surface area contributed by atoms with Gasteiger partial charge in [0.25, 0.3) is 0 Å². The van der Waals surface area contributed by atoms with Gasteiger partial charge in [-0.1, -0.05) is 77.3 Å². The molecule has 0 aliphatic heterocycles. The SMILES string of the molecule is CCCCCCCCCCCC(=O)N(CCC(C)C)CC(=O)Nc1ccon1. The molecule has 0 aliphatic carbocycles. The summed E-state index contributed by atoms with van der Waals surface area (Å²) in [5.41, 5.74) is 0. The molecule has 0 radical (unpaired) electrons. The third kappa shape index (κ3) is 11.8. The van der Waals surface area contributed by atoms with E-state index >= 15 is 0 Å². The highest BCUT2D eigenvalue weighted by Gasteiger charge is 2.17. The number of nitrogens with zero attached hydrogens (tertiary/aromatic N) is 2. The van der Waals surface area contributed by atoms with E-state index in [9.17, 15) is 9.59 Å². The van der Waals surface area contributed by atoms with Gasteiger partial charge in [0.2, 0.25) is 11.8 Å². The molecule has 0 bridgehead atoms. The van der Waals surface area contributed by atoms with Crippen LogP contribution in [0.15, 0.2) is 16.9 Å². The molecule has 0 saturated heterocycles. The van der Waals surface area contributed by atoms with Crippen molar-refractivity contribution >= 4 is 17.6 Å². The number of amides is 2. The lowest BCUT2D eigenvalue weighted by Crippen LogP contribution is -2.39. The maximum atomic E-state index is 12.6. The van der Waals surface area contributed by atoms with Crippen LogP contribution >= 0.6 is 0 Å². The van der Waals surface area contributed by atoms with Crippen molar-refractivity contribution in [1.82, 2.24) is 10.1 Å². The highest BCUT2D eigenvalue weighted by molar-refractivity contribution is 5.93. The first kappa shape index (κ1) is 24.2. The molecule has 6 nitrogen and oxygen atoms in total. The standard InChI is InChI=1S/C22H39N3O3/c1-4-5-6-7-8-9-10-11-12-13-22(27)25(16-14-19(2)3)18-21(26)23-20-15-17-28-24-20/h15,17,19H,4-14,16,18H2,1-3H3,(H,23,24,26). The number of aromatic nitrogens is 1. The summed E-state index contributed by atoms with van der Waals surface area (Å²) in [5.74, 6) is 0.693. The van der Waals surface area contributed by atoms with Gasteiger partial charge < -0.3 is 14.7 Å². The quantitative estimate of drug-likeness (QED) is 0.381. The number of anilines is 1. The Morgan fingerprint density at radius 1 is 1.07 bits per heavy atom. The van der Waals surface area contributed by atoms with Crippen LogP contribution in [0.3, 0.4) is 0 Å². The van der Waals surface area contributed by atoms with Gasteiger partial charge in [-0.3, -0.25) is 9.59 Å². The zero-order valence-electron chi connectivity index (χ0n) is 18.0. The average molecular weight is 394 g/mol. The predicted molar refractivity (Wildman–Crippen MR) is 113 cm³/mol. The van der Waals surface area contributed by atoms with Crippen molar-refractivity contribution in [3.05, 3.63) is 12.3 Å². The van der Waals surface area contributed by atoms with E-state index in [4.69, 9.17) is 4.52 Å². The first-order valence-electron chi connectivity index (χ1n) is 11.0. The molecule has 1 N–H and O–H groups in total. The van der Waals surface area contributed by atoms with Crippen LogP contribution < -0.4 is 5.32 Å². The molecule has 0 saturated carbocycles. The number of hydrogen-bond acceptors (Lipinski definition) is 4. The number of rotatable bonds is 16. The smallest absolute Gasteiger partial charge is 0.245 e. The summed E-state index contributed by atoms with van der Waals surface area (Å²) in [6.07, 6.45) is 13.8. The Kier molecular flexibility index (Phi) is 13.1. The molecule has 0 atom stereocenters. The average Bonchev–Trinajstić information content (AvgIpc) is 3.16. The summed E-state index contributed by atoms with van der Waals surface area (Å²) in [4.78, 5) is 26.5. The molecule has 0 aromatic carbocycles. The summed E-state index contributed by atoms with van der Waals surface area (Å²) in [6.45, 7) is 7.16. The van der Waals surface area contributed by atoms with Crippen molar-refractivity contribution in [2.75, 3.05) is 18.4 Å². The van der Waals surface area contributed by atoms with E-state index in [1.165, 1.54) is 51.2 Å². The minimum Gasteiger partial charge on any atom is -0.363 e. The van der Waals surface area contributed by atoms with Gasteiger partial charge >= 0.3 is 0 Å². The molecule has 1 aromatic rings. The van der Waals surface area contributed by atoms with E-state index in [1.807, 2.05) is 0 Å². The van der Waals surface area contributed by atoms with Gasteiger partial charge in [0.05, 0.1) is 6.54 Å². The highest BCUT2D eigenvalue weighted by atomic mass is 16.5. The molecular weight excluding hydrogens is 354 g/mol. The zero-order chi connectivity index (χ0) is 20.6. The van der Waals surface area contributed by atoms with Crippen LogP contribution in [0.1, 0.15) is 91.4 Å². The fraction of sp³-hybridized carbons (Fsp3) is 0.773. The van der Waals surface area contributed by atoms with E-state index in [0.717, 1.165) is 19.3 Å². The molecule has 28 heavy (non-hydrogen) atoms. The summed E-state index contributed by atoms with van der Waals surface area (Å²) >= 11 is 0. The van der Waals surface area contributed by atoms with Crippen LogP contribution in [0.2, 0.25) is 0 Å². The van der Waals surface area contributed by atoms with Crippen molar-refractivity contribution < 1.29 is 14.1 Å². The molecule has 6 heteroatoms. The second-order valence-electron chi connectivity index (χ2n) is 8.01. The molecule has 0 unspecified atom stereocenters.